The molecule has 1 N–H and O–H groups in total. The van der Waals surface area contributed by atoms with Gasteiger partial charge in [0.2, 0.25) is 0 Å². The molecule has 1 unspecified atom stereocenters. The number of fused-ring (bicyclic) bond motifs is 1. The molecule has 1 fully saturated rings. The Kier molecular flexibility index (Phi) is 4.25. The highest BCUT2D eigenvalue weighted by Crippen LogP contribution is 2.39. The fourth-order valence-corrected chi connectivity index (χ4v) is 3.67. The highest BCUT2D eigenvalue weighted by molar-refractivity contribution is 5.78. The Labute approximate surface area is 127 Å². The highest BCUT2D eigenvalue weighted by atomic mass is 16.3. The molecule has 1 aliphatic carbocycles. The first-order chi connectivity index (χ1) is 10.1. The van der Waals surface area contributed by atoms with Crippen LogP contribution in [0.4, 0.5) is 0 Å². The average Bonchev–Trinajstić information content (AvgIpc) is 2.54. The molecule has 3 rings (SSSR count). The van der Waals surface area contributed by atoms with E-state index < -0.39 is 0 Å². The number of pyridine rings is 1. The minimum Gasteiger partial charge on any atom is -0.388 e. The summed E-state index contributed by atoms with van der Waals surface area (Å²) in [5.74, 6) is 2.01. The first-order valence-corrected chi connectivity index (χ1v) is 8.18. The van der Waals surface area contributed by atoms with Gasteiger partial charge in [-0.25, -0.2) is 0 Å². The van der Waals surface area contributed by atoms with E-state index in [9.17, 15) is 5.11 Å². The molecule has 0 saturated heterocycles. The van der Waals surface area contributed by atoms with Crippen LogP contribution in [-0.2, 0) is 0 Å². The van der Waals surface area contributed by atoms with Gasteiger partial charge in [0.1, 0.15) is 0 Å². The lowest BCUT2D eigenvalue weighted by molar-refractivity contribution is 0.0669. The molecule has 0 aliphatic heterocycles. The monoisotopic (exact) mass is 283 g/mol. The topological polar surface area (TPSA) is 33.1 Å². The predicted octanol–water partition coefficient (Wildman–Crippen LogP) is 4.73. The van der Waals surface area contributed by atoms with Crippen LogP contribution in [0.5, 0.6) is 0 Å². The standard InChI is InChI=1S/C19H25NO/c1-13(2)14-5-8-16(9-6-14)19(21)17-10-7-15-4-3-11-20-18(15)12-17/h3-4,7,10-14,16,19,21H,5-6,8-9H2,1-2H3. The molecular weight excluding hydrogens is 258 g/mol. The molecule has 2 aromatic rings. The van der Waals surface area contributed by atoms with Crippen molar-refractivity contribution in [3.05, 3.63) is 42.1 Å². The fourth-order valence-electron chi connectivity index (χ4n) is 3.67. The quantitative estimate of drug-likeness (QED) is 0.883. The largest absolute Gasteiger partial charge is 0.388 e. The number of aliphatic hydroxyl groups is 1. The van der Waals surface area contributed by atoms with E-state index in [1.807, 2.05) is 12.3 Å². The molecule has 2 heteroatoms. The van der Waals surface area contributed by atoms with Gasteiger partial charge in [0.25, 0.3) is 0 Å². The van der Waals surface area contributed by atoms with Gasteiger partial charge in [-0.1, -0.05) is 32.0 Å². The van der Waals surface area contributed by atoms with E-state index in [4.69, 9.17) is 0 Å². The molecule has 1 aromatic carbocycles. The lowest BCUT2D eigenvalue weighted by atomic mass is 9.74. The summed E-state index contributed by atoms with van der Waals surface area (Å²) in [5, 5.41) is 11.8. The Balaban J connectivity index is 1.73. The van der Waals surface area contributed by atoms with Crippen molar-refractivity contribution < 1.29 is 5.11 Å². The highest BCUT2D eigenvalue weighted by Gasteiger charge is 2.28. The zero-order valence-electron chi connectivity index (χ0n) is 13.0. The zero-order chi connectivity index (χ0) is 14.8. The van der Waals surface area contributed by atoms with Crippen molar-refractivity contribution in [1.82, 2.24) is 4.98 Å². The average molecular weight is 283 g/mol. The molecule has 112 valence electrons. The minimum absolute atomic E-state index is 0.343. The summed E-state index contributed by atoms with van der Waals surface area (Å²) < 4.78 is 0. The molecule has 0 bridgehead atoms. The Bertz CT molecular complexity index is 599. The van der Waals surface area contributed by atoms with Crippen LogP contribution < -0.4 is 0 Å². The number of aliphatic hydroxyl groups excluding tert-OH is 1. The van der Waals surface area contributed by atoms with Crippen molar-refractivity contribution in [2.24, 2.45) is 17.8 Å². The second-order valence-corrected chi connectivity index (χ2v) is 6.82. The first-order valence-electron chi connectivity index (χ1n) is 8.18. The van der Waals surface area contributed by atoms with Crippen LogP contribution in [0.3, 0.4) is 0 Å². The summed E-state index contributed by atoms with van der Waals surface area (Å²) in [7, 11) is 0. The fraction of sp³-hybridized carbons (Fsp3) is 0.526. The SMILES string of the molecule is CC(C)C1CCC(C(O)c2ccc3cccnc3c2)CC1. The Morgan fingerprint density at radius 1 is 1.05 bits per heavy atom. The number of hydrogen-bond acceptors (Lipinski definition) is 2. The summed E-state index contributed by atoms with van der Waals surface area (Å²) in [6.07, 6.45) is 6.27. The molecule has 0 amide bonds. The molecule has 1 atom stereocenters. The van der Waals surface area contributed by atoms with Gasteiger partial charge in [0.15, 0.2) is 0 Å². The van der Waals surface area contributed by atoms with Crippen LogP contribution in [0.15, 0.2) is 36.5 Å². The summed E-state index contributed by atoms with van der Waals surface area (Å²) in [5.41, 5.74) is 2.00. The van der Waals surface area contributed by atoms with Crippen LogP contribution in [0.25, 0.3) is 10.9 Å². The van der Waals surface area contributed by atoms with Crippen molar-refractivity contribution in [2.75, 3.05) is 0 Å². The smallest absolute Gasteiger partial charge is 0.0818 e. The maximum Gasteiger partial charge on any atom is 0.0818 e. The van der Waals surface area contributed by atoms with Gasteiger partial charge in [-0.2, -0.15) is 0 Å². The van der Waals surface area contributed by atoms with Crippen molar-refractivity contribution in [3.63, 3.8) is 0 Å². The Hall–Kier alpha value is -1.41. The molecule has 1 heterocycles. The van der Waals surface area contributed by atoms with Gasteiger partial charge in [0.05, 0.1) is 11.6 Å². The summed E-state index contributed by atoms with van der Waals surface area (Å²) in [6, 6.07) is 10.2. The lowest BCUT2D eigenvalue weighted by Gasteiger charge is -2.33. The van der Waals surface area contributed by atoms with E-state index in [2.05, 4.69) is 43.1 Å². The third kappa shape index (κ3) is 3.11. The van der Waals surface area contributed by atoms with E-state index in [1.165, 1.54) is 12.8 Å². The number of benzene rings is 1. The lowest BCUT2D eigenvalue weighted by Crippen LogP contribution is -2.23. The third-order valence-electron chi connectivity index (χ3n) is 5.18. The third-order valence-corrected chi connectivity index (χ3v) is 5.18. The maximum absolute atomic E-state index is 10.7. The Morgan fingerprint density at radius 2 is 1.76 bits per heavy atom. The van der Waals surface area contributed by atoms with Gasteiger partial charge in [-0.05, 0) is 61.1 Å². The molecule has 21 heavy (non-hydrogen) atoms. The Morgan fingerprint density at radius 3 is 2.48 bits per heavy atom. The molecular formula is C19H25NO. The summed E-state index contributed by atoms with van der Waals surface area (Å²) in [6.45, 7) is 4.63. The molecule has 0 radical (unpaired) electrons. The van der Waals surface area contributed by atoms with E-state index in [1.54, 1.807) is 0 Å². The summed E-state index contributed by atoms with van der Waals surface area (Å²) in [4.78, 5) is 4.39. The van der Waals surface area contributed by atoms with Crippen LogP contribution in [0.1, 0.15) is 51.2 Å². The van der Waals surface area contributed by atoms with Gasteiger partial charge in [0, 0.05) is 11.6 Å². The van der Waals surface area contributed by atoms with Crippen LogP contribution in [0.2, 0.25) is 0 Å². The van der Waals surface area contributed by atoms with Crippen molar-refractivity contribution in [3.8, 4) is 0 Å². The molecule has 0 spiro atoms. The van der Waals surface area contributed by atoms with Gasteiger partial charge in [-0.15, -0.1) is 0 Å². The first kappa shape index (κ1) is 14.5. The molecule has 1 aliphatic rings. The molecule has 1 saturated carbocycles. The predicted molar refractivity (Wildman–Crippen MR) is 87.0 cm³/mol. The van der Waals surface area contributed by atoms with Crippen LogP contribution in [-0.4, -0.2) is 10.1 Å². The number of aromatic nitrogens is 1. The summed E-state index contributed by atoms with van der Waals surface area (Å²) >= 11 is 0. The van der Waals surface area contributed by atoms with Crippen molar-refractivity contribution >= 4 is 10.9 Å². The minimum atomic E-state index is -0.343. The zero-order valence-corrected chi connectivity index (χ0v) is 13.0. The molecule has 2 nitrogen and oxygen atoms in total. The van der Waals surface area contributed by atoms with Gasteiger partial charge < -0.3 is 5.11 Å². The van der Waals surface area contributed by atoms with E-state index in [-0.39, 0.29) is 6.10 Å². The second kappa shape index (κ2) is 6.15. The normalized spacial score (nSPS) is 24.4. The van der Waals surface area contributed by atoms with Gasteiger partial charge in [-0.3, -0.25) is 4.98 Å². The van der Waals surface area contributed by atoms with Crippen molar-refractivity contribution in [1.29, 1.82) is 0 Å². The van der Waals surface area contributed by atoms with Crippen molar-refractivity contribution in [2.45, 2.75) is 45.6 Å². The second-order valence-electron chi connectivity index (χ2n) is 6.82. The number of hydrogen-bond donors (Lipinski definition) is 1. The van der Waals surface area contributed by atoms with E-state index in [0.717, 1.165) is 41.1 Å². The van der Waals surface area contributed by atoms with Gasteiger partial charge >= 0.3 is 0 Å². The van der Waals surface area contributed by atoms with E-state index in [0.29, 0.717) is 5.92 Å². The maximum atomic E-state index is 10.7. The number of nitrogens with zero attached hydrogens (tertiary/aromatic N) is 1. The van der Waals surface area contributed by atoms with E-state index >= 15 is 0 Å². The molecule has 1 aromatic heterocycles. The van der Waals surface area contributed by atoms with Crippen LogP contribution >= 0.6 is 0 Å². The number of rotatable bonds is 3. The van der Waals surface area contributed by atoms with Crippen LogP contribution in [0, 0.1) is 17.8 Å².